The number of esters is 1. The van der Waals surface area contributed by atoms with E-state index < -0.39 is 17.0 Å². The van der Waals surface area contributed by atoms with Crippen molar-refractivity contribution in [3.8, 4) is 5.75 Å². The number of aromatic amines is 1. The third-order valence-corrected chi connectivity index (χ3v) is 4.56. The number of carbonyl (C=O) groups excluding carboxylic acids is 1. The second-order valence-corrected chi connectivity index (χ2v) is 7.01. The average molecular weight is 493 g/mol. The van der Waals surface area contributed by atoms with Gasteiger partial charge in [0.2, 0.25) is 0 Å². The van der Waals surface area contributed by atoms with E-state index in [0.29, 0.717) is 23.6 Å². The number of nitro benzene ring substituents is 1. The number of nitro groups is 1. The molecule has 0 bridgehead atoms. The first kappa shape index (κ1) is 19.8. The molecule has 28 heavy (non-hydrogen) atoms. The molecule has 3 aromatic rings. The number of H-pyrrole nitrogens is 1. The molecule has 1 heterocycles. The smallest absolute Gasteiger partial charge is 0.338 e. The molecule has 1 aromatic heterocycles. The van der Waals surface area contributed by atoms with E-state index in [4.69, 9.17) is 9.47 Å². The monoisotopic (exact) mass is 493 g/mol. The number of nitrogens with zero attached hydrogens (tertiary/aromatic N) is 2. The van der Waals surface area contributed by atoms with Crippen LogP contribution in [-0.4, -0.2) is 27.5 Å². The molecule has 0 radical (unpaired) electrons. The first-order valence-corrected chi connectivity index (χ1v) is 9.44. The minimum Gasteiger partial charge on any atom is -0.482 e. The number of hydrogen-bond donors (Lipinski definition) is 1. The predicted octanol–water partition coefficient (Wildman–Crippen LogP) is 4.29. The van der Waals surface area contributed by atoms with E-state index in [1.54, 1.807) is 24.5 Å². The summed E-state index contributed by atoms with van der Waals surface area (Å²) >= 11 is 2.16. The highest BCUT2D eigenvalue weighted by molar-refractivity contribution is 14.1. The highest BCUT2D eigenvalue weighted by Crippen LogP contribution is 2.25. The molecule has 0 saturated carbocycles. The molecule has 0 aliphatic carbocycles. The van der Waals surface area contributed by atoms with Gasteiger partial charge in [0.1, 0.15) is 11.6 Å². The molecule has 0 fully saturated rings. The summed E-state index contributed by atoms with van der Waals surface area (Å²) in [6.45, 7) is 0.128. The van der Waals surface area contributed by atoms with Gasteiger partial charge < -0.3 is 14.5 Å². The third-order valence-electron chi connectivity index (χ3n) is 3.84. The molecule has 1 unspecified atom stereocenters. The van der Waals surface area contributed by atoms with Crippen LogP contribution in [0.5, 0.6) is 5.75 Å². The van der Waals surface area contributed by atoms with Crippen molar-refractivity contribution in [2.24, 2.45) is 0 Å². The van der Waals surface area contributed by atoms with Crippen LogP contribution in [0.15, 0.2) is 60.9 Å². The fraction of sp³-hybridized carbons (Fsp3) is 0.158. The van der Waals surface area contributed by atoms with Crippen molar-refractivity contribution >= 4 is 34.2 Å². The van der Waals surface area contributed by atoms with Gasteiger partial charge in [-0.1, -0.05) is 0 Å². The number of carbonyl (C=O) groups is 1. The number of halogens is 1. The Hall–Kier alpha value is -2.95. The van der Waals surface area contributed by atoms with Gasteiger partial charge in [-0.2, -0.15) is 0 Å². The highest BCUT2D eigenvalue weighted by atomic mass is 127. The number of ether oxygens (including phenoxy) is 2. The Bertz CT molecular complexity index is 927. The van der Waals surface area contributed by atoms with E-state index in [1.807, 2.05) is 12.1 Å². The SMILES string of the molecule is O=C(OCCC(Oc1ccc([N+](=O)[O-])cc1)c1ncc[nH]1)c1ccc(I)cc1. The zero-order chi connectivity index (χ0) is 19.9. The van der Waals surface area contributed by atoms with E-state index >= 15 is 0 Å². The Labute approximate surface area is 174 Å². The Morgan fingerprint density at radius 1 is 1.18 bits per heavy atom. The summed E-state index contributed by atoms with van der Waals surface area (Å²) in [6.07, 6.45) is 3.12. The number of aromatic nitrogens is 2. The van der Waals surface area contributed by atoms with Crippen LogP contribution < -0.4 is 4.74 Å². The van der Waals surface area contributed by atoms with E-state index in [-0.39, 0.29) is 12.3 Å². The van der Waals surface area contributed by atoms with Crippen LogP contribution in [0.4, 0.5) is 5.69 Å². The van der Waals surface area contributed by atoms with Crippen LogP contribution in [0.2, 0.25) is 0 Å². The first-order chi connectivity index (χ1) is 13.5. The van der Waals surface area contributed by atoms with E-state index in [1.165, 1.54) is 24.3 Å². The number of benzene rings is 2. The van der Waals surface area contributed by atoms with Gasteiger partial charge in [0.25, 0.3) is 5.69 Å². The number of non-ortho nitro benzene ring substituents is 1. The quantitative estimate of drug-likeness (QED) is 0.217. The Balaban J connectivity index is 1.61. The summed E-state index contributed by atoms with van der Waals surface area (Å²) in [5, 5.41) is 10.8. The molecule has 0 saturated heterocycles. The van der Waals surface area contributed by atoms with Gasteiger partial charge in [-0.25, -0.2) is 9.78 Å². The number of rotatable bonds is 8. The van der Waals surface area contributed by atoms with Crippen molar-refractivity contribution in [1.82, 2.24) is 9.97 Å². The lowest BCUT2D eigenvalue weighted by Crippen LogP contribution is -2.15. The predicted molar refractivity (Wildman–Crippen MR) is 109 cm³/mol. The average Bonchev–Trinajstić information content (AvgIpc) is 3.23. The van der Waals surface area contributed by atoms with Crippen molar-refractivity contribution in [2.75, 3.05) is 6.61 Å². The van der Waals surface area contributed by atoms with Gasteiger partial charge in [0, 0.05) is 34.5 Å². The van der Waals surface area contributed by atoms with Crippen molar-refractivity contribution in [2.45, 2.75) is 12.5 Å². The van der Waals surface area contributed by atoms with Crippen molar-refractivity contribution in [3.05, 3.63) is 86.0 Å². The van der Waals surface area contributed by atoms with Crippen molar-refractivity contribution < 1.29 is 19.2 Å². The molecule has 9 heteroatoms. The van der Waals surface area contributed by atoms with Crippen molar-refractivity contribution in [3.63, 3.8) is 0 Å². The molecule has 1 N–H and O–H groups in total. The van der Waals surface area contributed by atoms with Crippen LogP contribution in [0.25, 0.3) is 0 Å². The molecule has 0 amide bonds. The third kappa shape index (κ3) is 5.28. The fourth-order valence-electron chi connectivity index (χ4n) is 2.44. The molecule has 0 aliphatic heterocycles. The van der Waals surface area contributed by atoms with Gasteiger partial charge in [0.05, 0.1) is 17.1 Å². The maximum Gasteiger partial charge on any atom is 0.338 e. The minimum atomic E-state index is -0.499. The maximum absolute atomic E-state index is 12.1. The molecule has 2 aromatic carbocycles. The Kier molecular flexibility index (Phi) is 6.58. The molecule has 3 rings (SSSR count). The van der Waals surface area contributed by atoms with Gasteiger partial charge in [-0.05, 0) is 59.0 Å². The Morgan fingerprint density at radius 2 is 1.89 bits per heavy atom. The molecular formula is C19H16IN3O5. The van der Waals surface area contributed by atoms with E-state index in [0.717, 1.165) is 3.57 Å². The standard InChI is InChI=1S/C19H16IN3O5/c20-14-3-1-13(2-4-14)19(24)27-12-9-17(18-21-10-11-22-18)28-16-7-5-15(6-8-16)23(25)26/h1-8,10-11,17H,9,12H2,(H,21,22). The second-order valence-electron chi connectivity index (χ2n) is 5.76. The maximum atomic E-state index is 12.1. The summed E-state index contributed by atoms with van der Waals surface area (Å²) in [5.74, 6) is 0.615. The lowest BCUT2D eigenvalue weighted by molar-refractivity contribution is -0.384. The summed E-state index contributed by atoms with van der Waals surface area (Å²) in [7, 11) is 0. The summed E-state index contributed by atoms with van der Waals surface area (Å²) in [4.78, 5) is 29.6. The lowest BCUT2D eigenvalue weighted by atomic mass is 10.2. The van der Waals surface area contributed by atoms with Crippen LogP contribution in [0, 0.1) is 13.7 Å². The lowest BCUT2D eigenvalue weighted by Gasteiger charge is -2.17. The van der Waals surface area contributed by atoms with Gasteiger partial charge in [-0.3, -0.25) is 10.1 Å². The largest absolute Gasteiger partial charge is 0.482 e. The fourth-order valence-corrected chi connectivity index (χ4v) is 2.80. The number of hydrogen-bond acceptors (Lipinski definition) is 6. The normalized spacial score (nSPS) is 11.6. The van der Waals surface area contributed by atoms with E-state index in [9.17, 15) is 14.9 Å². The van der Waals surface area contributed by atoms with Gasteiger partial charge in [-0.15, -0.1) is 0 Å². The summed E-state index contributed by atoms with van der Waals surface area (Å²) in [5.41, 5.74) is 0.458. The summed E-state index contributed by atoms with van der Waals surface area (Å²) < 4.78 is 12.3. The van der Waals surface area contributed by atoms with Crippen LogP contribution in [-0.2, 0) is 4.74 Å². The molecule has 144 valence electrons. The molecule has 0 aliphatic rings. The second kappa shape index (κ2) is 9.31. The van der Waals surface area contributed by atoms with Crippen LogP contribution >= 0.6 is 22.6 Å². The van der Waals surface area contributed by atoms with Crippen LogP contribution in [0.3, 0.4) is 0 Å². The van der Waals surface area contributed by atoms with Gasteiger partial charge >= 0.3 is 5.97 Å². The Morgan fingerprint density at radius 3 is 2.50 bits per heavy atom. The van der Waals surface area contributed by atoms with Crippen molar-refractivity contribution in [1.29, 1.82) is 0 Å². The molecule has 0 spiro atoms. The first-order valence-electron chi connectivity index (χ1n) is 8.36. The van der Waals surface area contributed by atoms with E-state index in [2.05, 4.69) is 32.6 Å². The van der Waals surface area contributed by atoms with Gasteiger partial charge in [0.15, 0.2) is 6.10 Å². The zero-order valence-electron chi connectivity index (χ0n) is 14.6. The molecular weight excluding hydrogens is 477 g/mol. The topological polar surface area (TPSA) is 107 Å². The zero-order valence-corrected chi connectivity index (χ0v) is 16.7. The summed E-state index contributed by atoms with van der Waals surface area (Å²) in [6, 6.07) is 12.9. The minimum absolute atomic E-state index is 0.0200. The molecule has 8 nitrogen and oxygen atoms in total. The number of imidazole rings is 1. The number of nitrogens with one attached hydrogen (secondary N) is 1. The highest BCUT2D eigenvalue weighted by Gasteiger charge is 2.18. The molecule has 1 atom stereocenters. The van der Waals surface area contributed by atoms with Crippen LogP contribution in [0.1, 0.15) is 28.7 Å².